The fourth-order valence-corrected chi connectivity index (χ4v) is 2.71. The number of carbonyl (C=O) groups is 1. The van der Waals surface area contributed by atoms with Crippen molar-refractivity contribution in [2.45, 2.75) is 20.8 Å². The topological polar surface area (TPSA) is 71.2 Å². The molecule has 1 aromatic heterocycles. The smallest absolute Gasteiger partial charge is 0.255 e. The van der Waals surface area contributed by atoms with Crippen LogP contribution in [0, 0.1) is 13.8 Å². The SMILES string of the molecule is CCOc1ccc(C(=O)Nc2ccc3c(C)c(C)c(=O)[nH]c3c2)cc1. The predicted molar refractivity (Wildman–Crippen MR) is 99.6 cm³/mol. The molecule has 25 heavy (non-hydrogen) atoms. The molecule has 5 nitrogen and oxygen atoms in total. The third kappa shape index (κ3) is 3.40. The molecule has 3 rings (SSSR count). The van der Waals surface area contributed by atoms with Gasteiger partial charge in [-0.1, -0.05) is 6.07 Å². The number of pyridine rings is 1. The van der Waals surface area contributed by atoms with E-state index >= 15 is 0 Å². The molecule has 0 saturated carbocycles. The summed E-state index contributed by atoms with van der Waals surface area (Å²) < 4.78 is 5.37. The average Bonchev–Trinajstić information content (AvgIpc) is 2.60. The summed E-state index contributed by atoms with van der Waals surface area (Å²) in [6, 6.07) is 12.5. The molecule has 0 saturated heterocycles. The highest BCUT2D eigenvalue weighted by atomic mass is 16.5. The van der Waals surface area contributed by atoms with Gasteiger partial charge in [0.1, 0.15) is 5.75 Å². The van der Waals surface area contributed by atoms with Crippen LogP contribution in [0.5, 0.6) is 5.75 Å². The number of aromatic nitrogens is 1. The van der Waals surface area contributed by atoms with Crippen LogP contribution in [-0.2, 0) is 0 Å². The second-order valence-electron chi connectivity index (χ2n) is 5.88. The number of hydrogen-bond donors (Lipinski definition) is 2. The fourth-order valence-electron chi connectivity index (χ4n) is 2.71. The number of rotatable bonds is 4. The maximum atomic E-state index is 12.4. The van der Waals surface area contributed by atoms with Gasteiger partial charge in [0.25, 0.3) is 11.5 Å². The Morgan fingerprint density at radius 2 is 1.80 bits per heavy atom. The Kier molecular flexibility index (Phi) is 4.57. The number of H-pyrrole nitrogens is 1. The average molecular weight is 336 g/mol. The van der Waals surface area contributed by atoms with Gasteiger partial charge in [-0.2, -0.15) is 0 Å². The first-order chi connectivity index (χ1) is 12.0. The summed E-state index contributed by atoms with van der Waals surface area (Å²) in [5.74, 6) is 0.516. The molecule has 5 heteroatoms. The predicted octanol–water partition coefficient (Wildman–Crippen LogP) is 3.80. The minimum absolute atomic E-state index is 0.111. The molecule has 0 atom stereocenters. The molecule has 2 N–H and O–H groups in total. The zero-order valence-electron chi connectivity index (χ0n) is 14.5. The summed E-state index contributed by atoms with van der Waals surface area (Å²) in [4.78, 5) is 27.2. The van der Waals surface area contributed by atoms with Crippen molar-refractivity contribution in [2.24, 2.45) is 0 Å². The number of anilines is 1. The summed E-state index contributed by atoms with van der Waals surface area (Å²) in [6.07, 6.45) is 0. The Morgan fingerprint density at radius 1 is 1.08 bits per heavy atom. The van der Waals surface area contributed by atoms with E-state index in [1.54, 1.807) is 37.3 Å². The number of hydrogen-bond acceptors (Lipinski definition) is 3. The van der Waals surface area contributed by atoms with Crippen molar-refractivity contribution in [1.82, 2.24) is 4.98 Å². The van der Waals surface area contributed by atoms with E-state index in [4.69, 9.17) is 4.74 Å². The van der Waals surface area contributed by atoms with Gasteiger partial charge in [0.15, 0.2) is 0 Å². The number of carbonyl (C=O) groups excluding carboxylic acids is 1. The van der Waals surface area contributed by atoms with Gasteiger partial charge in [0.05, 0.1) is 12.1 Å². The number of fused-ring (bicyclic) bond motifs is 1. The molecule has 0 bridgehead atoms. The van der Waals surface area contributed by atoms with Crippen molar-refractivity contribution < 1.29 is 9.53 Å². The maximum absolute atomic E-state index is 12.4. The van der Waals surface area contributed by atoms with Crippen molar-refractivity contribution >= 4 is 22.5 Å². The third-order valence-electron chi connectivity index (χ3n) is 4.26. The molecule has 128 valence electrons. The molecular weight excluding hydrogens is 316 g/mol. The second kappa shape index (κ2) is 6.81. The standard InChI is InChI=1S/C20H20N2O3/c1-4-25-16-8-5-14(6-9-16)20(24)21-15-7-10-17-12(2)13(3)19(23)22-18(17)11-15/h5-11H,4H2,1-3H3,(H,21,24)(H,22,23). The quantitative estimate of drug-likeness (QED) is 0.761. The van der Waals surface area contributed by atoms with Crippen LogP contribution in [0.4, 0.5) is 5.69 Å². The van der Waals surface area contributed by atoms with Gasteiger partial charge in [0, 0.05) is 22.2 Å². The molecule has 0 aliphatic carbocycles. The van der Waals surface area contributed by atoms with Gasteiger partial charge in [-0.15, -0.1) is 0 Å². The molecule has 0 fully saturated rings. The summed E-state index contributed by atoms with van der Waals surface area (Å²) >= 11 is 0. The number of ether oxygens (including phenoxy) is 1. The van der Waals surface area contributed by atoms with Gasteiger partial charge in [0.2, 0.25) is 0 Å². The highest BCUT2D eigenvalue weighted by Crippen LogP contribution is 2.21. The van der Waals surface area contributed by atoms with Crippen LogP contribution < -0.4 is 15.6 Å². The van der Waals surface area contributed by atoms with Gasteiger partial charge >= 0.3 is 0 Å². The molecule has 2 aromatic carbocycles. The largest absolute Gasteiger partial charge is 0.494 e. The molecule has 1 amide bonds. The van der Waals surface area contributed by atoms with E-state index in [1.807, 2.05) is 26.0 Å². The third-order valence-corrected chi connectivity index (χ3v) is 4.26. The van der Waals surface area contributed by atoms with Crippen LogP contribution in [0.25, 0.3) is 10.9 Å². The molecule has 0 aliphatic heterocycles. The molecular formula is C20H20N2O3. The van der Waals surface area contributed by atoms with Gasteiger partial charge in [-0.3, -0.25) is 9.59 Å². The lowest BCUT2D eigenvalue weighted by atomic mass is 10.1. The summed E-state index contributed by atoms with van der Waals surface area (Å²) in [5.41, 5.74) is 3.42. The van der Waals surface area contributed by atoms with E-state index in [0.29, 0.717) is 28.9 Å². The molecule has 0 spiro atoms. The van der Waals surface area contributed by atoms with E-state index in [-0.39, 0.29) is 11.5 Å². The van der Waals surface area contributed by atoms with Gasteiger partial charge in [-0.25, -0.2) is 0 Å². The van der Waals surface area contributed by atoms with Crippen molar-refractivity contribution in [3.63, 3.8) is 0 Å². The molecule has 0 unspecified atom stereocenters. The number of benzene rings is 2. The zero-order valence-corrected chi connectivity index (χ0v) is 14.5. The monoisotopic (exact) mass is 336 g/mol. The van der Waals surface area contributed by atoms with Crippen LogP contribution in [0.15, 0.2) is 47.3 Å². The lowest BCUT2D eigenvalue weighted by molar-refractivity contribution is 0.102. The second-order valence-corrected chi connectivity index (χ2v) is 5.88. The Balaban J connectivity index is 1.86. The maximum Gasteiger partial charge on any atom is 0.255 e. The highest BCUT2D eigenvalue weighted by molar-refractivity contribution is 6.05. The number of nitrogens with one attached hydrogen (secondary N) is 2. The van der Waals surface area contributed by atoms with E-state index in [1.165, 1.54) is 0 Å². The van der Waals surface area contributed by atoms with Crippen LogP contribution in [0.1, 0.15) is 28.4 Å². The molecule has 1 heterocycles. The normalized spacial score (nSPS) is 10.7. The number of amides is 1. The summed E-state index contributed by atoms with van der Waals surface area (Å²) in [6.45, 7) is 6.22. The van der Waals surface area contributed by atoms with E-state index in [0.717, 1.165) is 16.7 Å². The van der Waals surface area contributed by atoms with E-state index in [9.17, 15) is 9.59 Å². The van der Waals surface area contributed by atoms with Crippen LogP contribution in [0.3, 0.4) is 0 Å². The number of aryl methyl sites for hydroxylation is 1. The Labute approximate surface area is 145 Å². The summed E-state index contributed by atoms with van der Waals surface area (Å²) in [5, 5.41) is 3.82. The first kappa shape index (κ1) is 16.8. The first-order valence-electron chi connectivity index (χ1n) is 8.17. The lowest BCUT2D eigenvalue weighted by Crippen LogP contribution is -2.13. The molecule has 0 aliphatic rings. The molecule has 0 radical (unpaired) electrons. The lowest BCUT2D eigenvalue weighted by Gasteiger charge is -2.10. The van der Waals surface area contributed by atoms with Crippen LogP contribution >= 0.6 is 0 Å². The van der Waals surface area contributed by atoms with E-state index in [2.05, 4.69) is 10.3 Å². The van der Waals surface area contributed by atoms with Crippen LogP contribution in [0.2, 0.25) is 0 Å². The highest BCUT2D eigenvalue weighted by Gasteiger charge is 2.09. The molecule has 3 aromatic rings. The van der Waals surface area contributed by atoms with Crippen molar-refractivity contribution in [3.8, 4) is 5.75 Å². The van der Waals surface area contributed by atoms with E-state index < -0.39 is 0 Å². The van der Waals surface area contributed by atoms with Gasteiger partial charge in [-0.05, 0) is 62.7 Å². The van der Waals surface area contributed by atoms with Crippen molar-refractivity contribution in [2.75, 3.05) is 11.9 Å². The minimum Gasteiger partial charge on any atom is -0.494 e. The Bertz CT molecular complexity index is 988. The van der Waals surface area contributed by atoms with Crippen LogP contribution in [-0.4, -0.2) is 17.5 Å². The number of aromatic amines is 1. The zero-order chi connectivity index (χ0) is 18.0. The fraction of sp³-hybridized carbons (Fsp3) is 0.200. The van der Waals surface area contributed by atoms with Crippen molar-refractivity contribution in [1.29, 1.82) is 0 Å². The Hall–Kier alpha value is -3.08. The first-order valence-corrected chi connectivity index (χ1v) is 8.17. The minimum atomic E-state index is -0.214. The Morgan fingerprint density at radius 3 is 2.48 bits per heavy atom. The summed E-state index contributed by atoms with van der Waals surface area (Å²) in [7, 11) is 0. The van der Waals surface area contributed by atoms with Gasteiger partial charge < -0.3 is 15.0 Å². The van der Waals surface area contributed by atoms with Crippen molar-refractivity contribution in [3.05, 3.63) is 69.5 Å².